The molecule has 0 atom stereocenters. The van der Waals surface area contributed by atoms with Gasteiger partial charge in [0.05, 0.1) is 29.6 Å². The Labute approximate surface area is 204 Å². The maximum Gasteiger partial charge on any atom is 0.261 e. The molecule has 3 aromatic rings. The maximum atomic E-state index is 13.0. The fourth-order valence-electron chi connectivity index (χ4n) is 4.37. The van der Waals surface area contributed by atoms with Crippen LogP contribution in [0.25, 0.3) is 11.0 Å². The van der Waals surface area contributed by atoms with Crippen LogP contribution in [0.3, 0.4) is 0 Å². The van der Waals surface area contributed by atoms with Gasteiger partial charge in [0, 0.05) is 38.9 Å². The molecule has 0 unspecified atom stereocenters. The van der Waals surface area contributed by atoms with Crippen LogP contribution in [0.5, 0.6) is 5.75 Å². The van der Waals surface area contributed by atoms with Crippen molar-refractivity contribution in [2.45, 2.75) is 33.7 Å². The molecule has 0 saturated carbocycles. The molecule has 0 bridgehead atoms. The maximum absolute atomic E-state index is 13.0. The SMILES string of the molecule is CCN1C(=O)C(C)(C)C(=O)N(C)c2cc(OCCCNCCn3ccc4occc4c3=O)ccc21. The fourth-order valence-corrected chi connectivity index (χ4v) is 4.37. The van der Waals surface area contributed by atoms with E-state index in [1.807, 2.05) is 25.1 Å². The molecule has 1 N–H and O–H groups in total. The standard InChI is InChI=1S/C26H32N4O5/c1-5-30-20-8-7-18(17-21(20)28(4)24(32)26(2,3)25(30)33)34-15-6-11-27-12-14-29-13-9-22-19(23(29)31)10-16-35-22/h7-10,13,16-17,27H,5-6,11-12,14-15H2,1-4H3. The van der Waals surface area contributed by atoms with Crippen LogP contribution in [0.4, 0.5) is 11.4 Å². The summed E-state index contributed by atoms with van der Waals surface area (Å²) >= 11 is 0. The van der Waals surface area contributed by atoms with Gasteiger partial charge in [-0.3, -0.25) is 14.4 Å². The third-order valence-electron chi connectivity index (χ3n) is 6.42. The van der Waals surface area contributed by atoms with E-state index in [0.717, 1.165) is 13.0 Å². The molecule has 1 aliphatic heterocycles. The van der Waals surface area contributed by atoms with Crippen LogP contribution in [-0.2, 0) is 16.1 Å². The average Bonchev–Trinajstić information content (AvgIpc) is 3.32. The van der Waals surface area contributed by atoms with Crippen molar-refractivity contribution in [3.63, 3.8) is 0 Å². The van der Waals surface area contributed by atoms with Crippen LogP contribution in [0, 0.1) is 5.41 Å². The highest BCUT2D eigenvalue weighted by atomic mass is 16.5. The molecule has 2 aromatic heterocycles. The Bertz CT molecular complexity index is 1290. The van der Waals surface area contributed by atoms with Crippen molar-refractivity contribution < 1.29 is 18.7 Å². The summed E-state index contributed by atoms with van der Waals surface area (Å²) in [5, 5.41) is 3.91. The second-order valence-corrected chi connectivity index (χ2v) is 9.15. The number of carbonyl (C=O) groups is 2. The van der Waals surface area contributed by atoms with Crippen molar-refractivity contribution in [3.05, 3.63) is 53.1 Å². The van der Waals surface area contributed by atoms with Crippen molar-refractivity contribution >= 4 is 34.2 Å². The third-order valence-corrected chi connectivity index (χ3v) is 6.42. The Balaban J connectivity index is 1.29. The number of rotatable bonds is 9. The first-order valence-corrected chi connectivity index (χ1v) is 11.9. The van der Waals surface area contributed by atoms with E-state index in [9.17, 15) is 14.4 Å². The van der Waals surface area contributed by atoms with Crippen LogP contribution in [0.1, 0.15) is 27.2 Å². The number of anilines is 2. The molecular formula is C26H32N4O5. The van der Waals surface area contributed by atoms with E-state index in [0.29, 0.717) is 54.3 Å². The lowest BCUT2D eigenvalue weighted by atomic mass is 9.90. The normalized spacial score (nSPS) is 15.4. The Morgan fingerprint density at radius 1 is 1.03 bits per heavy atom. The molecule has 0 fully saturated rings. The first-order valence-electron chi connectivity index (χ1n) is 11.9. The summed E-state index contributed by atoms with van der Waals surface area (Å²) < 4.78 is 12.8. The largest absolute Gasteiger partial charge is 0.493 e. The van der Waals surface area contributed by atoms with Gasteiger partial charge in [0.1, 0.15) is 16.7 Å². The minimum Gasteiger partial charge on any atom is -0.493 e. The van der Waals surface area contributed by atoms with Crippen LogP contribution in [0.2, 0.25) is 0 Å². The summed E-state index contributed by atoms with van der Waals surface area (Å²) in [6.07, 6.45) is 4.04. The number of nitrogens with zero attached hydrogens (tertiary/aromatic N) is 3. The van der Waals surface area contributed by atoms with E-state index in [-0.39, 0.29) is 17.4 Å². The van der Waals surface area contributed by atoms with Crippen LogP contribution >= 0.6 is 0 Å². The summed E-state index contributed by atoms with van der Waals surface area (Å²) in [7, 11) is 1.69. The fraction of sp³-hybridized carbons (Fsp3) is 0.423. The number of nitrogens with one attached hydrogen (secondary N) is 1. The minimum absolute atomic E-state index is 0.0558. The first-order chi connectivity index (χ1) is 16.8. The lowest BCUT2D eigenvalue weighted by Crippen LogP contribution is -2.47. The predicted octanol–water partition coefficient (Wildman–Crippen LogP) is 3.01. The highest BCUT2D eigenvalue weighted by Gasteiger charge is 2.45. The molecule has 9 heteroatoms. The van der Waals surface area contributed by atoms with E-state index < -0.39 is 5.41 Å². The summed E-state index contributed by atoms with van der Waals surface area (Å²) in [4.78, 5) is 41.5. The molecule has 1 aliphatic rings. The number of aromatic nitrogens is 1. The van der Waals surface area contributed by atoms with Gasteiger partial charge in [-0.1, -0.05) is 0 Å². The Hall–Kier alpha value is -3.59. The molecule has 2 amide bonds. The minimum atomic E-state index is -1.13. The number of hydrogen-bond donors (Lipinski definition) is 1. The van der Waals surface area contributed by atoms with E-state index in [4.69, 9.17) is 9.15 Å². The highest BCUT2D eigenvalue weighted by Crippen LogP contribution is 2.40. The van der Waals surface area contributed by atoms with Crippen molar-refractivity contribution in [1.29, 1.82) is 0 Å². The van der Waals surface area contributed by atoms with Gasteiger partial charge >= 0.3 is 0 Å². The number of amides is 2. The van der Waals surface area contributed by atoms with Crippen LogP contribution < -0.4 is 25.4 Å². The highest BCUT2D eigenvalue weighted by molar-refractivity contribution is 6.20. The Morgan fingerprint density at radius 2 is 1.83 bits per heavy atom. The number of pyridine rings is 1. The second-order valence-electron chi connectivity index (χ2n) is 9.15. The monoisotopic (exact) mass is 480 g/mol. The average molecular weight is 481 g/mol. The van der Waals surface area contributed by atoms with Crippen molar-refractivity contribution in [2.24, 2.45) is 5.41 Å². The Morgan fingerprint density at radius 3 is 2.60 bits per heavy atom. The molecule has 186 valence electrons. The lowest BCUT2D eigenvalue weighted by Gasteiger charge is -2.27. The molecule has 9 nitrogen and oxygen atoms in total. The number of carbonyl (C=O) groups excluding carboxylic acids is 2. The van der Waals surface area contributed by atoms with Crippen molar-refractivity contribution in [2.75, 3.05) is 43.1 Å². The van der Waals surface area contributed by atoms with E-state index in [2.05, 4.69) is 5.32 Å². The van der Waals surface area contributed by atoms with Gasteiger partial charge in [-0.2, -0.15) is 0 Å². The number of benzene rings is 1. The molecule has 0 aliphatic carbocycles. The van der Waals surface area contributed by atoms with Gasteiger partial charge in [0.2, 0.25) is 11.8 Å². The number of ether oxygens (including phenoxy) is 1. The summed E-state index contributed by atoms with van der Waals surface area (Å²) in [6.45, 7) is 8.16. The van der Waals surface area contributed by atoms with E-state index >= 15 is 0 Å². The number of furan rings is 1. The molecule has 3 heterocycles. The molecule has 0 spiro atoms. The van der Waals surface area contributed by atoms with Crippen LogP contribution in [-0.4, -0.2) is 49.7 Å². The lowest BCUT2D eigenvalue weighted by molar-refractivity contribution is -0.137. The topological polar surface area (TPSA) is 97.0 Å². The predicted molar refractivity (Wildman–Crippen MR) is 135 cm³/mol. The van der Waals surface area contributed by atoms with Gasteiger partial charge in [-0.15, -0.1) is 0 Å². The molecule has 35 heavy (non-hydrogen) atoms. The second kappa shape index (κ2) is 9.95. The summed E-state index contributed by atoms with van der Waals surface area (Å²) in [6, 6.07) is 8.97. The molecule has 4 rings (SSSR count). The Kier molecular flexibility index (Phi) is 6.98. The van der Waals surface area contributed by atoms with Gasteiger partial charge in [-0.25, -0.2) is 0 Å². The van der Waals surface area contributed by atoms with Gasteiger partial charge in [0.15, 0.2) is 0 Å². The van der Waals surface area contributed by atoms with Crippen molar-refractivity contribution in [3.8, 4) is 5.75 Å². The molecule has 0 radical (unpaired) electrons. The first kappa shape index (κ1) is 24.5. The summed E-state index contributed by atoms with van der Waals surface area (Å²) in [5.74, 6) is 0.195. The molecule has 0 saturated heterocycles. The van der Waals surface area contributed by atoms with E-state index in [1.54, 1.807) is 53.6 Å². The summed E-state index contributed by atoms with van der Waals surface area (Å²) in [5.41, 5.74) is 0.775. The third kappa shape index (κ3) is 4.68. The van der Waals surface area contributed by atoms with Gasteiger partial charge in [-0.05, 0) is 58.0 Å². The van der Waals surface area contributed by atoms with Gasteiger partial charge < -0.3 is 28.8 Å². The molecular weight excluding hydrogens is 448 g/mol. The zero-order chi connectivity index (χ0) is 25.2. The van der Waals surface area contributed by atoms with Gasteiger partial charge in [0.25, 0.3) is 5.56 Å². The smallest absolute Gasteiger partial charge is 0.261 e. The zero-order valence-corrected chi connectivity index (χ0v) is 20.7. The van der Waals surface area contributed by atoms with E-state index in [1.165, 1.54) is 6.26 Å². The number of fused-ring (bicyclic) bond motifs is 2. The molecule has 1 aromatic carbocycles. The zero-order valence-electron chi connectivity index (χ0n) is 20.7. The van der Waals surface area contributed by atoms with Crippen LogP contribution in [0.15, 0.2) is 52.0 Å². The van der Waals surface area contributed by atoms with Crippen molar-refractivity contribution in [1.82, 2.24) is 9.88 Å². The quantitative estimate of drug-likeness (QED) is 0.374. The number of hydrogen-bond acceptors (Lipinski definition) is 6.